The van der Waals surface area contributed by atoms with Crippen LogP contribution < -0.4 is 5.73 Å². The van der Waals surface area contributed by atoms with Gasteiger partial charge in [-0.1, -0.05) is 0 Å². The average molecular weight is 268 g/mol. The minimum atomic E-state index is -0.985. The first-order valence-electron chi connectivity index (χ1n) is 6.56. The highest BCUT2D eigenvalue weighted by Crippen LogP contribution is 2.21. The third-order valence-corrected chi connectivity index (χ3v) is 3.55. The number of carbonyl (C=O) groups excluding carboxylic acids is 1. The maximum Gasteiger partial charge on any atom is 0.253 e. The third-order valence-electron chi connectivity index (χ3n) is 3.55. The van der Waals surface area contributed by atoms with Crippen molar-refractivity contribution in [3.8, 4) is 0 Å². The van der Waals surface area contributed by atoms with Crippen LogP contribution in [0.5, 0.6) is 0 Å². The second-order valence-electron chi connectivity index (χ2n) is 4.97. The first kappa shape index (κ1) is 13.9. The Morgan fingerprint density at radius 3 is 2.84 bits per heavy atom. The molecule has 1 aliphatic rings. The molecular weight excluding hydrogens is 250 g/mol. The quantitative estimate of drug-likeness (QED) is 0.913. The van der Waals surface area contributed by atoms with Gasteiger partial charge in [0.05, 0.1) is 0 Å². The van der Waals surface area contributed by atoms with Crippen LogP contribution in [-0.2, 0) is 0 Å². The summed E-state index contributed by atoms with van der Waals surface area (Å²) < 4.78 is 26.0. The van der Waals surface area contributed by atoms with Crippen LogP contribution >= 0.6 is 0 Å². The Kier molecular flexibility index (Phi) is 4.47. The Morgan fingerprint density at radius 1 is 1.37 bits per heavy atom. The molecule has 1 aliphatic heterocycles. The number of hydrogen-bond acceptors (Lipinski definition) is 2. The summed E-state index contributed by atoms with van der Waals surface area (Å²) in [6.45, 7) is 1.92. The molecule has 0 saturated carbocycles. The Hall–Kier alpha value is -1.49. The number of carbonyl (C=O) groups is 1. The number of hydrogen-bond donors (Lipinski definition) is 1. The molecule has 1 unspecified atom stereocenters. The summed E-state index contributed by atoms with van der Waals surface area (Å²) in [6.07, 6.45) is 2.89. The van der Waals surface area contributed by atoms with E-state index in [1.54, 1.807) is 4.90 Å². The van der Waals surface area contributed by atoms with E-state index in [0.29, 0.717) is 25.6 Å². The van der Waals surface area contributed by atoms with Crippen LogP contribution in [0.4, 0.5) is 8.78 Å². The van der Waals surface area contributed by atoms with Crippen molar-refractivity contribution in [1.82, 2.24) is 4.90 Å². The molecule has 1 saturated heterocycles. The fourth-order valence-electron chi connectivity index (χ4n) is 2.53. The molecule has 2 rings (SSSR count). The SMILES string of the molecule is NCCC1CCCN(C(=O)c2ccc(F)c(F)c2)C1. The van der Waals surface area contributed by atoms with E-state index in [4.69, 9.17) is 5.73 Å². The molecule has 1 amide bonds. The van der Waals surface area contributed by atoms with Crippen molar-refractivity contribution in [3.63, 3.8) is 0 Å². The van der Waals surface area contributed by atoms with Crippen molar-refractivity contribution in [2.75, 3.05) is 19.6 Å². The fourth-order valence-corrected chi connectivity index (χ4v) is 2.53. The van der Waals surface area contributed by atoms with Crippen molar-refractivity contribution in [2.24, 2.45) is 11.7 Å². The lowest BCUT2D eigenvalue weighted by atomic mass is 9.94. The van der Waals surface area contributed by atoms with Crippen LogP contribution in [0, 0.1) is 17.6 Å². The highest BCUT2D eigenvalue weighted by Gasteiger charge is 2.24. The zero-order valence-electron chi connectivity index (χ0n) is 10.7. The summed E-state index contributed by atoms with van der Waals surface area (Å²) >= 11 is 0. The van der Waals surface area contributed by atoms with E-state index in [-0.39, 0.29) is 11.5 Å². The van der Waals surface area contributed by atoms with Gasteiger partial charge in [-0.25, -0.2) is 8.78 Å². The number of piperidine rings is 1. The summed E-state index contributed by atoms with van der Waals surface area (Å²) in [5.41, 5.74) is 5.74. The zero-order valence-corrected chi connectivity index (χ0v) is 10.7. The van der Waals surface area contributed by atoms with Crippen molar-refractivity contribution >= 4 is 5.91 Å². The summed E-state index contributed by atoms with van der Waals surface area (Å²) in [5.74, 6) is -1.74. The number of nitrogens with zero attached hydrogens (tertiary/aromatic N) is 1. The Labute approximate surface area is 111 Å². The topological polar surface area (TPSA) is 46.3 Å². The lowest BCUT2D eigenvalue weighted by molar-refractivity contribution is 0.0669. The summed E-state index contributed by atoms with van der Waals surface area (Å²) in [6, 6.07) is 3.28. The number of halogens is 2. The van der Waals surface area contributed by atoms with Gasteiger partial charge in [-0.15, -0.1) is 0 Å². The molecule has 1 fully saturated rings. The van der Waals surface area contributed by atoms with Crippen molar-refractivity contribution in [3.05, 3.63) is 35.4 Å². The lowest BCUT2D eigenvalue weighted by Crippen LogP contribution is -2.40. The number of likely N-dealkylation sites (tertiary alicyclic amines) is 1. The zero-order chi connectivity index (χ0) is 13.8. The van der Waals surface area contributed by atoms with E-state index >= 15 is 0 Å². The van der Waals surface area contributed by atoms with Gasteiger partial charge in [0, 0.05) is 18.7 Å². The number of benzene rings is 1. The van der Waals surface area contributed by atoms with Crippen molar-refractivity contribution in [1.29, 1.82) is 0 Å². The largest absolute Gasteiger partial charge is 0.338 e. The maximum atomic E-state index is 13.1. The van der Waals surface area contributed by atoms with Gasteiger partial charge in [0.1, 0.15) is 0 Å². The van der Waals surface area contributed by atoms with E-state index in [9.17, 15) is 13.6 Å². The fraction of sp³-hybridized carbons (Fsp3) is 0.500. The van der Waals surface area contributed by atoms with Crippen LogP contribution in [0.1, 0.15) is 29.6 Å². The molecule has 0 spiro atoms. The van der Waals surface area contributed by atoms with Gasteiger partial charge in [0.15, 0.2) is 11.6 Å². The summed E-state index contributed by atoms with van der Waals surface area (Å²) in [4.78, 5) is 13.9. The lowest BCUT2D eigenvalue weighted by Gasteiger charge is -2.32. The second kappa shape index (κ2) is 6.10. The Bertz CT molecular complexity index is 463. The molecule has 1 atom stereocenters. The summed E-state index contributed by atoms with van der Waals surface area (Å²) in [5, 5.41) is 0. The highest BCUT2D eigenvalue weighted by molar-refractivity contribution is 5.94. The van der Waals surface area contributed by atoms with Crippen LogP contribution in [0.2, 0.25) is 0 Å². The molecule has 2 N–H and O–H groups in total. The Balaban J connectivity index is 2.08. The molecule has 1 heterocycles. The van der Waals surface area contributed by atoms with Crippen LogP contribution in [-0.4, -0.2) is 30.4 Å². The molecular formula is C14H18F2N2O. The average Bonchev–Trinajstić information content (AvgIpc) is 2.42. The minimum Gasteiger partial charge on any atom is -0.338 e. The molecule has 5 heteroatoms. The van der Waals surface area contributed by atoms with Crippen LogP contribution in [0.3, 0.4) is 0 Å². The molecule has 3 nitrogen and oxygen atoms in total. The smallest absolute Gasteiger partial charge is 0.253 e. The number of nitrogens with two attached hydrogens (primary N) is 1. The van der Waals surface area contributed by atoms with E-state index in [1.807, 2.05) is 0 Å². The molecule has 0 aliphatic carbocycles. The molecule has 0 bridgehead atoms. The van der Waals surface area contributed by atoms with Gasteiger partial charge < -0.3 is 10.6 Å². The van der Waals surface area contributed by atoms with E-state index in [1.165, 1.54) is 6.07 Å². The van der Waals surface area contributed by atoms with Gasteiger partial charge >= 0.3 is 0 Å². The van der Waals surface area contributed by atoms with Gasteiger partial charge in [-0.05, 0) is 49.9 Å². The predicted molar refractivity (Wildman–Crippen MR) is 68.7 cm³/mol. The normalized spacial score (nSPS) is 19.5. The molecule has 0 aromatic heterocycles. The van der Waals surface area contributed by atoms with Gasteiger partial charge in [-0.2, -0.15) is 0 Å². The van der Waals surface area contributed by atoms with Crippen molar-refractivity contribution in [2.45, 2.75) is 19.3 Å². The standard InChI is InChI=1S/C14H18F2N2O/c15-12-4-3-11(8-13(12)16)14(19)18-7-1-2-10(9-18)5-6-17/h3-4,8,10H,1-2,5-7,9,17H2. The molecule has 1 aromatic carbocycles. The first-order valence-corrected chi connectivity index (χ1v) is 6.56. The monoisotopic (exact) mass is 268 g/mol. The van der Waals surface area contributed by atoms with E-state index in [0.717, 1.165) is 31.4 Å². The minimum absolute atomic E-state index is 0.201. The third kappa shape index (κ3) is 3.29. The maximum absolute atomic E-state index is 13.1. The summed E-state index contributed by atoms with van der Waals surface area (Å²) in [7, 11) is 0. The predicted octanol–water partition coefficient (Wildman–Crippen LogP) is 2.17. The van der Waals surface area contributed by atoms with Gasteiger partial charge in [0.2, 0.25) is 0 Å². The van der Waals surface area contributed by atoms with Gasteiger partial charge in [0.25, 0.3) is 5.91 Å². The highest BCUT2D eigenvalue weighted by atomic mass is 19.2. The Morgan fingerprint density at radius 2 is 2.16 bits per heavy atom. The molecule has 19 heavy (non-hydrogen) atoms. The number of amides is 1. The first-order chi connectivity index (χ1) is 9.11. The van der Waals surface area contributed by atoms with Gasteiger partial charge in [-0.3, -0.25) is 4.79 Å². The molecule has 1 aromatic rings. The second-order valence-corrected chi connectivity index (χ2v) is 4.97. The van der Waals surface area contributed by atoms with Crippen molar-refractivity contribution < 1.29 is 13.6 Å². The molecule has 104 valence electrons. The van der Waals surface area contributed by atoms with E-state index < -0.39 is 11.6 Å². The van der Waals surface area contributed by atoms with Crippen LogP contribution in [0.15, 0.2) is 18.2 Å². The number of rotatable bonds is 3. The van der Waals surface area contributed by atoms with E-state index in [2.05, 4.69) is 0 Å². The molecule has 0 radical (unpaired) electrons. The van der Waals surface area contributed by atoms with Crippen LogP contribution in [0.25, 0.3) is 0 Å².